The third-order valence-corrected chi connectivity index (χ3v) is 4.12. The highest BCUT2D eigenvalue weighted by atomic mass is 32.2. The van der Waals surface area contributed by atoms with Gasteiger partial charge < -0.3 is 10.2 Å². The van der Waals surface area contributed by atoms with Gasteiger partial charge in [0.1, 0.15) is 11.6 Å². The maximum absolute atomic E-state index is 13.9. The number of rotatable bonds is 7. The van der Waals surface area contributed by atoms with Crippen molar-refractivity contribution in [3.63, 3.8) is 0 Å². The Kier molecular flexibility index (Phi) is 7.11. The Morgan fingerprint density at radius 2 is 1.90 bits per heavy atom. The molecule has 0 bridgehead atoms. The highest BCUT2D eigenvalue weighted by Gasteiger charge is 2.23. The van der Waals surface area contributed by atoms with Crippen LogP contribution in [-0.2, 0) is 4.79 Å². The van der Waals surface area contributed by atoms with E-state index in [-0.39, 0.29) is 23.9 Å². The van der Waals surface area contributed by atoms with Crippen molar-refractivity contribution >= 4 is 17.7 Å². The number of hydrogen-bond donors (Lipinski definition) is 1. The van der Waals surface area contributed by atoms with Crippen LogP contribution in [-0.4, -0.2) is 43.5 Å². The number of carbonyl (C=O) groups is 1. The van der Waals surface area contributed by atoms with Crippen LogP contribution in [0.15, 0.2) is 18.2 Å². The van der Waals surface area contributed by atoms with E-state index in [0.29, 0.717) is 5.75 Å². The zero-order chi connectivity index (χ0) is 16.0. The summed E-state index contributed by atoms with van der Waals surface area (Å²) in [5.74, 6) is -0.714. The minimum atomic E-state index is -0.597. The maximum atomic E-state index is 13.9. The Balaban J connectivity index is 2.82. The normalized spacial score (nSPS) is 14.0. The molecule has 0 fully saturated rings. The Bertz CT molecular complexity index is 462. The summed E-state index contributed by atoms with van der Waals surface area (Å²) in [6, 6.07) is 3.25. The molecule has 6 heteroatoms. The van der Waals surface area contributed by atoms with Crippen molar-refractivity contribution in [2.45, 2.75) is 13.0 Å². The zero-order valence-corrected chi connectivity index (χ0v) is 13.6. The summed E-state index contributed by atoms with van der Waals surface area (Å²) in [5.41, 5.74) is -0.0136. The van der Waals surface area contributed by atoms with E-state index in [0.717, 1.165) is 0 Å². The van der Waals surface area contributed by atoms with E-state index < -0.39 is 17.7 Å². The van der Waals surface area contributed by atoms with E-state index in [1.807, 2.05) is 13.2 Å². The van der Waals surface area contributed by atoms with Crippen molar-refractivity contribution in [2.75, 3.05) is 32.6 Å². The first-order valence-corrected chi connectivity index (χ1v) is 8.14. The molecule has 2 atom stereocenters. The summed E-state index contributed by atoms with van der Waals surface area (Å²) in [5, 5.41) is 2.77. The lowest BCUT2D eigenvalue weighted by atomic mass is 10.0. The molecule has 0 aliphatic heterocycles. The number of amides is 1. The molecule has 118 valence electrons. The molecule has 1 rings (SSSR count). The molecule has 0 aliphatic carbocycles. The van der Waals surface area contributed by atoms with E-state index >= 15 is 0 Å². The van der Waals surface area contributed by atoms with Gasteiger partial charge in [-0.05, 0) is 32.5 Å². The van der Waals surface area contributed by atoms with E-state index in [1.165, 1.54) is 18.2 Å². The van der Waals surface area contributed by atoms with Crippen LogP contribution in [0.5, 0.6) is 0 Å². The van der Waals surface area contributed by atoms with Gasteiger partial charge in [-0.2, -0.15) is 11.8 Å². The Morgan fingerprint density at radius 1 is 1.33 bits per heavy atom. The van der Waals surface area contributed by atoms with Gasteiger partial charge in [0.05, 0.1) is 6.04 Å². The van der Waals surface area contributed by atoms with Crippen LogP contribution < -0.4 is 5.32 Å². The minimum absolute atomic E-state index is 0.0136. The molecule has 3 nitrogen and oxygen atoms in total. The Morgan fingerprint density at radius 3 is 2.38 bits per heavy atom. The van der Waals surface area contributed by atoms with Crippen LogP contribution in [0.1, 0.15) is 18.5 Å². The van der Waals surface area contributed by atoms with Gasteiger partial charge in [-0.3, -0.25) is 4.79 Å². The quantitative estimate of drug-likeness (QED) is 0.839. The van der Waals surface area contributed by atoms with Crippen LogP contribution in [0.3, 0.4) is 0 Å². The van der Waals surface area contributed by atoms with Crippen molar-refractivity contribution in [1.29, 1.82) is 0 Å². The highest BCUT2D eigenvalue weighted by molar-refractivity contribution is 7.98. The topological polar surface area (TPSA) is 32.3 Å². The molecule has 1 aromatic rings. The highest BCUT2D eigenvalue weighted by Crippen LogP contribution is 2.24. The van der Waals surface area contributed by atoms with E-state index in [1.54, 1.807) is 30.8 Å². The molecule has 1 amide bonds. The Labute approximate surface area is 129 Å². The summed E-state index contributed by atoms with van der Waals surface area (Å²) < 4.78 is 27.8. The monoisotopic (exact) mass is 316 g/mol. The molecule has 0 aliphatic rings. The van der Waals surface area contributed by atoms with Crippen molar-refractivity contribution < 1.29 is 13.6 Å². The molecule has 0 aromatic heterocycles. The van der Waals surface area contributed by atoms with Crippen molar-refractivity contribution in [3.8, 4) is 0 Å². The van der Waals surface area contributed by atoms with Crippen molar-refractivity contribution in [2.24, 2.45) is 5.92 Å². The number of halogens is 2. The van der Waals surface area contributed by atoms with E-state index in [9.17, 15) is 13.6 Å². The first-order chi connectivity index (χ1) is 9.88. The molecule has 0 radical (unpaired) electrons. The lowest BCUT2D eigenvalue weighted by Crippen LogP contribution is -2.38. The molecule has 1 aromatic carbocycles. The fraction of sp³-hybridized carbons (Fsp3) is 0.533. The second-order valence-electron chi connectivity index (χ2n) is 5.22. The van der Waals surface area contributed by atoms with Gasteiger partial charge in [-0.25, -0.2) is 8.78 Å². The smallest absolute Gasteiger partial charge is 0.223 e. The van der Waals surface area contributed by atoms with E-state index in [2.05, 4.69) is 5.32 Å². The number of benzene rings is 1. The van der Waals surface area contributed by atoms with Gasteiger partial charge in [0.25, 0.3) is 0 Å². The lowest BCUT2D eigenvalue weighted by molar-refractivity contribution is -0.124. The van der Waals surface area contributed by atoms with Crippen molar-refractivity contribution in [1.82, 2.24) is 10.2 Å². The van der Waals surface area contributed by atoms with Gasteiger partial charge in [0.15, 0.2) is 0 Å². The van der Waals surface area contributed by atoms with Gasteiger partial charge in [-0.1, -0.05) is 13.0 Å². The van der Waals surface area contributed by atoms with Crippen molar-refractivity contribution in [3.05, 3.63) is 35.4 Å². The second-order valence-corrected chi connectivity index (χ2v) is 6.13. The van der Waals surface area contributed by atoms with Crippen LogP contribution in [0.2, 0.25) is 0 Å². The zero-order valence-electron chi connectivity index (χ0n) is 12.8. The van der Waals surface area contributed by atoms with Gasteiger partial charge >= 0.3 is 0 Å². The van der Waals surface area contributed by atoms with Crippen LogP contribution in [0.25, 0.3) is 0 Å². The fourth-order valence-electron chi connectivity index (χ4n) is 2.07. The summed E-state index contributed by atoms with van der Waals surface area (Å²) in [7, 11) is 3.46. The summed E-state index contributed by atoms with van der Waals surface area (Å²) in [4.78, 5) is 13.6. The average molecular weight is 316 g/mol. The molecule has 21 heavy (non-hydrogen) atoms. The van der Waals surface area contributed by atoms with Gasteiger partial charge in [-0.15, -0.1) is 0 Å². The van der Waals surface area contributed by atoms with Crippen LogP contribution in [0, 0.1) is 17.6 Å². The number of likely N-dealkylation sites (N-methyl/N-ethyl adjacent to an activating group) is 1. The standard InChI is InChI=1S/C15H22F2N2OS/c1-10(9-21-4)15(20)18-8-13(19(2)3)14-11(16)6-5-7-12(14)17/h5-7,10,13H,8-9H2,1-4H3,(H,18,20)/t10-,13+/m0/s1. The molecule has 0 spiro atoms. The van der Waals surface area contributed by atoms with E-state index in [4.69, 9.17) is 0 Å². The van der Waals surface area contributed by atoms with Crippen LogP contribution >= 0.6 is 11.8 Å². The molecule has 0 unspecified atom stereocenters. The number of nitrogens with zero attached hydrogens (tertiary/aromatic N) is 1. The van der Waals surface area contributed by atoms with Crippen LogP contribution in [0.4, 0.5) is 8.78 Å². The average Bonchev–Trinajstić information content (AvgIpc) is 2.41. The minimum Gasteiger partial charge on any atom is -0.354 e. The number of nitrogens with one attached hydrogen (secondary N) is 1. The third kappa shape index (κ3) is 4.97. The number of thioether (sulfide) groups is 1. The molecule has 1 N–H and O–H groups in total. The predicted octanol–water partition coefficient (Wildman–Crippen LogP) is 2.68. The molecule has 0 heterocycles. The lowest BCUT2D eigenvalue weighted by Gasteiger charge is -2.26. The molecular weight excluding hydrogens is 294 g/mol. The number of carbonyl (C=O) groups excluding carboxylic acids is 1. The number of hydrogen-bond acceptors (Lipinski definition) is 3. The predicted molar refractivity (Wildman–Crippen MR) is 83.3 cm³/mol. The van der Waals surface area contributed by atoms with Gasteiger partial charge in [0, 0.05) is 23.8 Å². The SMILES string of the molecule is CSC[C@H](C)C(=O)NC[C@H](c1c(F)cccc1F)N(C)C. The fourth-order valence-corrected chi connectivity index (χ4v) is 2.72. The molecule has 0 saturated heterocycles. The molecule has 0 saturated carbocycles. The second kappa shape index (κ2) is 8.34. The maximum Gasteiger partial charge on any atom is 0.223 e. The Hall–Kier alpha value is -1.14. The largest absolute Gasteiger partial charge is 0.354 e. The molecular formula is C15H22F2N2OS. The first kappa shape index (κ1) is 17.9. The van der Waals surface area contributed by atoms with Gasteiger partial charge in [0.2, 0.25) is 5.91 Å². The summed E-state index contributed by atoms with van der Waals surface area (Å²) in [6.45, 7) is 2.00. The summed E-state index contributed by atoms with van der Waals surface area (Å²) >= 11 is 1.59. The third-order valence-electron chi connectivity index (χ3n) is 3.29. The first-order valence-electron chi connectivity index (χ1n) is 6.75. The summed E-state index contributed by atoms with van der Waals surface area (Å²) in [6.07, 6.45) is 1.93.